The van der Waals surface area contributed by atoms with Gasteiger partial charge in [-0.1, -0.05) is 13.8 Å². The minimum absolute atomic E-state index is 0.0962. The molecule has 1 fully saturated rings. The average Bonchev–Trinajstić information content (AvgIpc) is 2.70. The lowest BCUT2D eigenvalue weighted by Gasteiger charge is -2.37. The number of nitrogen functional groups attached to an aromatic ring is 1. The Labute approximate surface area is 112 Å². The summed E-state index contributed by atoms with van der Waals surface area (Å²) in [5.41, 5.74) is 6.92. The fourth-order valence-corrected chi connectivity index (χ4v) is 3.25. The molecule has 100 valence electrons. The molecule has 4 nitrogen and oxygen atoms in total. The highest BCUT2D eigenvalue weighted by Gasteiger charge is 2.27. The number of hydrogen-bond acceptors (Lipinski definition) is 4. The minimum atomic E-state index is -0.0962. The lowest BCUT2D eigenvalue weighted by Crippen LogP contribution is -2.36. The molecular formula is C13H21N3OS. The van der Waals surface area contributed by atoms with Gasteiger partial charge >= 0.3 is 0 Å². The molecule has 1 amide bonds. The molecule has 0 atom stereocenters. The van der Waals surface area contributed by atoms with Gasteiger partial charge in [-0.05, 0) is 24.3 Å². The molecule has 0 saturated carbocycles. The van der Waals surface area contributed by atoms with E-state index in [0.29, 0.717) is 16.0 Å². The van der Waals surface area contributed by atoms with E-state index in [0.717, 1.165) is 18.1 Å². The average molecular weight is 267 g/mol. The van der Waals surface area contributed by atoms with Crippen LogP contribution in [0, 0.1) is 5.41 Å². The number of hydrogen-bond donors (Lipinski definition) is 2. The second-order valence-corrected chi connectivity index (χ2v) is 6.63. The van der Waals surface area contributed by atoms with Crippen molar-refractivity contribution >= 4 is 27.9 Å². The van der Waals surface area contributed by atoms with Gasteiger partial charge in [-0.3, -0.25) is 4.79 Å². The maximum atomic E-state index is 11.6. The van der Waals surface area contributed by atoms with Crippen LogP contribution in [0.15, 0.2) is 6.07 Å². The van der Waals surface area contributed by atoms with E-state index in [9.17, 15) is 4.79 Å². The van der Waals surface area contributed by atoms with Crippen molar-refractivity contribution in [3.8, 4) is 0 Å². The van der Waals surface area contributed by atoms with Crippen LogP contribution in [-0.2, 0) is 0 Å². The molecule has 0 bridgehead atoms. The third kappa shape index (κ3) is 2.61. The van der Waals surface area contributed by atoms with Gasteiger partial charge in [0.05, 0.1) is 10.7 Å². The molecule has 1 aromatic rings. The van der Waals surface area contributed by atoms with Gasteiger partial charge in [0, 0.05) is 20.1 Å². The molecule has 1 aliphatic heterocycles. The Hall–Kier alpha value is -1.23. The molecule has 0 aromatic carbocycles. The summed E-state index contributed by atoms with van der Waals surface area (Å²) in [4.78, 5) is 14.6. The number of carbonyl (C=O) groups excluding carboxylic acids is 1. The molecular weight excluding hydrogens is 246 g/mol. The number of nitrogens with zero attached hydrogens (tertiary/aromatic N) is 1. The normalized spacial score (nSPS) is 18.7. The van der Waals surface area contributed by atoms with Crippen molar-refractivity contribution in [1.29, 1.82) is 0 Å². The predicted molar refractivity (Wildman–Crippen MR) is 77.3 cm³/mol. The minimum Gasteiger partial charge on any atom is -0.397 e. The maximum absolute atomic E-state index is 11.6. The highest BCUT2D eigenvalue weighted by Crippen LogP contribution is 2.37. The first kappa shape index (κ1) is 13.2. The third-order valence-electron chi connectivity index (χ3n) is 3.61. The van der Waals surface area contributed by atoms with Crippen LogP contribution in [-0.4, -0.2) is 26.0 Å². The Morgan fingerprint density at radius 2 is 2.06 bits per heavy atom. The van der Waals surface area contributed by atoms with Crippen molar-refractivity contribution in [3.63, 3.8) is 0 Å². The monoisotopic (exact) mass is 267 g/mol. The maximum Gasteiger partial charge on any atom is 0.263 e. The van der Waals surface area contributed by atoms with Crippen molar-refractivity contribution in [1.82, 2.24) is 5.32 Å². The second-order valence-electron chi connectivity index (χ2n) is 5.60. The molecule has 0 unspecified atom stereocenters. The number of nitrogens with two attached hydrogens (primary N) is 1. The van der Waals surface area contributed by atoms with Crippen LogP contribution in [0.3, 0.4) is 0 Å². The van der Waals surface area contributed by atoms with E-state index in [-0.39, 0.29) is 5.91 Å². The first-order chi connectivity index (χ1) is 8.43. The van der Waals surface area contributed by atoms with Crippen LogP contribution in [0.25, 0.3) is 0 Å². The molecule has 0 aliphatic carbocycles. The van der Waals surface area contributed by atoms with Gasteiger partial charge in [-0.15, -0.1) is 11.3 Å². The van der Waals surface area contributed by atoms with E-state index in [2.05, 4.69) is 24.1 Å². The molecule has 1 aromatic heterocycles. The van der Waals surface area contributed by atoms with Crippen LogP contribution < -0.4 is 16.0 Å². The molecule has 1 saturated heterocycles. The highest BCUT2D eigenvalue weighted by molar-refractivity contribution is 7.18. The number of anilines is 2. The number of carbonyl (C=O) groups is 1. The van der Waals surface area contributed by atoms with Crippen LogP contribution in [0.5, 0.6) is 0 Å². The molecule has 0 radical (unpaired) electrons. The first-order valence-corrected chi connectivity index (χ1v) is 7.11. The molecule has 1 aliphatic rings. The Morgan fingerprint density at radius 1 is 1.44 bits per heavy atom. The fourth-order valence-electron chi connectivity index (χ4n) is 2.17. The third-order valence-corrected chi connectivity index (χ3v) is 4.82. The van der Waals surface area contributed by atoms with E-state index >= 15 is 0 Å². The molecule has 3 N–H and O–H groups in total. The van der Waals surface area contributed by atoms with Crippen molar-refractivity contribution in [3.05, 3.63) is 10.9 Å². The molecule has 2 rings (SSSR count). The Kier molecular flexibility index (Phi) is 3.52. The lowest BCUT2D eigenvalue weighted by atomic mass is 9.83. The number of rotatable bonds is 2. The summed E-state index contributed by atoms with van der Waals surface area (Å²) < 4.78 is 0. The van der Waals surface area contributed by atoms with Gasteiger partial charge in [0.1, 0.15) is 4.88 Å². The van der Waals surface area contributed by atoms with Crippen molar-refractivity contribution < 1.29 is 4.79 Å². The van der Waals surface area contributed by atoms with Crippen LogP contribution >= 0.6 is 11.3 Å². The van der Waals surface area contributed by atoms with E-state index in [1.54, 1.807) is 7.05 Å². The molecule has 18 heavy (non-hydrogen) atoms. The standard InChI is InChI=1S/C13H21N3OS/c1-13(2)4-6-16(7-5-13)10-8-9(14)11(18-10)12(17)15-3/h8H,4-7,14H2,1-3H3,(H,15,17). The van der Waals surface area contributed by atoms with E-state index in [4.69, 9.17) is 5.73 Å². The summed E-state index contributed by atoms with van der Waals surface area (Å²) in [5.74, 6) is -0.0962. The zero-order valence-electron chi connectivity index (χ0n) is 11.2. The summed E-state index contributed by atoms with van der Waals surface area (Å²) in [5, 5.41) is 3.74. The second kappa shape index (κ2) is 4.80. The lowest BCUT2D eigenvalue weighted by molar-refractivity contribution is 0.0968. The highest BCUT2D eigenvalue weighted by atomic mass is 32.1. The molecule has 0 spiro atoms. The quantitative estimate of drug-likeness (QED) is 0.864. The van der Waals surface area contributed by atoms with Gasteiger partial charge in [0.2, 0.25) is 0 Å². The zero-order valence-corrected chi connectivity index (χ0v) is 12.1. The smallest absolute Gasteiger partial charge is 0.263 e. The first-order valence-electron chi connectivity index (χ1n) is 6.29. The fraction of sp³-hybridized carbons (Fsp3) is 0.615. The SMILES string of the molecule is CNC(=O)c1sc(N2CCC(C)(C)CC2)cc1N. The van der Waals surface area contributed by atoms with Crippen LogP contribution in [0.1, 0.15) is 36.4 Å². The number of amides is 1. The van der Waals surface area contributed by atoms with E-state index in [1.165, 1.54) is 24.2 Å². The van der Waals surface area contributed by atoms with Crippen molar-refractivity contribution in [2.24, 2.45) is 5.41 Å². The van der Waals surface area contributed by atoms with Gasteiger partial charge in [0.25, 0.3) is 5.91 Å². The van der Waals surface area contributed by atoms with Gasteiger partial charge in [0.15, 0.2) is 0 Å². The number of nitrogens with one attached hydrogen (secondary N) is 1. The Balaban J connectivity index is 2.13. The molecule has 2 heterocycles. The Bertz CT molecular complexity index is 443. The van der Waals surface area contributed by atoms with Crippen molar-refractivity contribution in [2.75, 3.05) is 30.8 Å². The summed E-state index contributed by atoms with van der Waals surface area (Å²) in [6, 6.07) is 1.92. The van der Waals surface area contributed by atoms with E-state index in [1.807, 2.05) is 6.07 Å². The zero-order chi connectivity index (χ0) is 13.3. The van der Waals surface area contributed by atoms with Gasteiger partial charge in [-0.2, -0.15) is 0 Å². The van der Waals surface area contributed by atoms with Crippen molar-refractivity contribution in [2.45, 2.75) is 26.7 Å². The predicted octanol–water partition coefficient (Wildman–Crippen LogP) is 2.32. The van der Waals surface area contributed by atoms with E-state index < -0.39 is 0 Å². The largest absolute Gasteiger partial charge is 0.397 e. The summed E-state index contributed by atoms with van der Waals surface area (Å²) >= 11 is 1.49. The number of thiophene rings is 1. The van der Waals surface area contributed by atoms with Crippen LogP contribution in [0.2, 0.25) is 0 Å². The Morgan fingerprint density at radius 3 is 2.61 bits per heavy atom. The van der Waals surface area contributed by atoms with Gasteiger partial charge < -0.3 is 16.0 Å². The molecule has 5 heteroatoms. The summed E-state index contributed by atoms with van der Waals surface area (Å²) in [7, 11) is 1.63. The van der Waals surface area contributed by atoms with Crippen LogP contribution in [0.4, 0.5) is 10.7 Å². The summed E-state index contributed by atoms with van der Waals surface area (Å²) in [6.45, 7) is 6.70. The summed E-state index contributed by atoms with van der Waals surface area (Å²) in [6.07, 6.45) is 2.36. The number of piperidine rings is 1. The van der Waals surface area contributed by atoms with Gasteiger partial charge in [-0.25, -0.2) is 0 Å². The topological polar surface area (TPSA) is 58.4 Å².